The van der Waals surface area contributed by atoms with Crippen LogP contribution in [0, 0.1) is 0 Å². The number of rotatable bonds is 9. The summed E-state index contributed by atoms with van der Waals surface area (Å²) in [5.41, 5.74) is 4.63. The van der Waals surface area contributed by atoms with Crippen molar-refractivity contribution in [1.29, 1.82) is 0 Å². The van der Waals surface area contributed by atoms with Crippen molar-refractivity contribution < 1.29 is 27.8 Å². The van der Waals surface area contributed by atoms with Crippen LogP contribution >= 0.6 is 0 Å². The van der Waals surface area contributed by atoms with Crippen LogP contribution < -0.4 is 14.2 Å². The standard InChI is InChI=1S/C27H24F2O4/c1-31-26-13-9-18(8-12-25(30)21-6-3-7-24(16-21)33-27(28)29)14-22(26)17-32-23-11-10-19-4-2-5-20(19)15-23/h3,6-16,27H,2,4-5,17H2,1H3/b12-8+. The number of halogens is 2. The molecule has 4 nitrogen and oxygen atoms in total. The molecule has 0 heterocycles. The van der Waals surface area contributed by atoms with E-state index in [4.69, 9.17) is 9.47 Å². The van der Waals surface area contributed by atoms with Crippen molar-refractivity contribution in [3.8, 4) is 17.2 Å². The molecule has 0 unspecified atom stereocenters. The summed E-state index contributed by atoms with van der Waals surface area (Å²) in [5.74, 6) is 1.14. The number of allylic oxidation sites excluding steroid dienone is 1. The molecule has 3 aromatic rings. The highest BCUT2D eigenvalue weighted by Crippen LogP contribution is 2.28. The molecule has 0 spiro atoms. The molecule has 6 heteroatoms. The first kappa shape index (κ1) is 22.5. The molecular weight excluding hydrogens is 426 g/mol. The van der Waals surface area contributed by atoms with Gasteiger partial charge < -0.3 is 14.2 Å². The van der Waals surface area contributed by atoms with Gasteiger partial charge in [0.15, 0.2) is 5.78 Å². The quantitative estimate of drug-likeness (QED) is 0.285. The van der Waals surface area contributed by atoms with Gasteiger partial charge in [-0.1, -0.05) is 30.3 Å². The summed E-state index contributed by atoms with van der Waals surface area (Å²) in [6.07, 6.45) is 6.46. The third kappa shape index (κ3) is 5.77. The number of carbonyl (C=O) groups excluding carboxylic acids is 1. The van der Waals surface area contributed by atoms with Crippen molar-refractivity contribution >= 4 is 11.9 Å². The number of methoxy groups -OCH3 is 1. The van der Waals surface area contributed by atoms with Crippen LogP contribution in [0.1, 0.15) is 39.0 Å². The summed E-state index contributed by atoms with van der Waals surface area (Å²) in [6, 6.07) is 17.5. The lowest BCUT2D eigenvalue weighted by molar-refractivity contribution is -0.0498. The summed E-state index contributed by atoms with van der Waals surface area (Å²) >= 11 is 0. The van der Waals surface area contributed by atoms with Gasteiger partial charge in [-0.25, -0.2) is 0 Å². The molecule has 0 amide bonds. The monoisotopic (exact) mass is 450 g/mol. The second-order valence-electron chi connectivity index (χ2n) is 7.75. The Hall–Kier alpha value is -3.67. The van der Waals surface area contributed by atoms with Crippen molar-refractivity contribution in [3.63, 3.8) is 0 Å². The Balaban J connectivity index is 1.46. The number of ketones is 1. The summed E-state index contributed by atoms with van der Waals surface area (Å²) in [5, 5.41) is 0. The summed E-state index contributed by atoms with van der Waals surface area (Å²) in [4.78, 5) is 12.5. The van der Waals surface area contributed by atoms with Crippen LogP contribution in [0.15, 0.2) is 66.7 Å². The average molecular weight is 450 g/mol. The Kier molecular flexibility index (Phi) is 7.03. The average Bonchev–Trinajstić information content (AvgIpc) is 3.29. The zero-order valence-corrected chi connectivity index (χ0v) is 18.2. The zero-order valence-electron chi connectivity index (χ0n) is 18.2. The minimum absolute atomic E-state index is 0.0558. The van der Waals surface area contributed by atoms with Gasteiger partial charge in [0.2, 0.25) is 0 Å². The lowest BCUT2D eigenvalue weighted by atomic mass is 10.1. The van der Waals surface area contributed by atoms with E-state index in [0.717, 1.165) is 29.7 Å². The van der Waals surface area contributed by atoms with Crippen molar-refractivity contribution in [1.82, 2.24) is 0 Å². The number of fused-ring (bicyclic) bond motifs is 1. The van der Waals surface area contributed by atoms with Crippen LogP contribution in [-0.4, -0.2) is 19.5 Å². The molecule has 0 radical (unpaired) electrons. The smallest absolute Gasteiger partial charge is 0.387 e. The molecule has 0 atom stereocenters. The molecule has 33 heavy (non-hydrogen) atoms. The molecular formula is C27H24F2O4. The molecule has 0 N–H and O–H groups in total. The molecule has 0 aliphatic heterocycles. The van der Waals surface area contributed by atoms with E-state index in [0.29, 0.717) is 12.4 Å². The highest BCUT2D eigenvalue weighted by atomic mass is 19.3. The molecule has 3 aromatic carbocycles. The van der Waals surface area contributed by atoms with Crippen molar-refractivity contribution in [3.05, 3.63) is 94.6 Å². The Labute approximate surface area is 191 Å². The number of carbonyl (C=O) groups is 1. The molecule has 0 saturated carbocycles. The topological polar surface area (TPSA) is 44.8 Å². The minimum atomic E-state index is -2.94. The van der Waals surface area contributed by atoms with E-state index < -0.39 is 6.61 Å². The van der Waals surface area contributed by atoms with E-state index in [-0.39, 0.29) is 17.1 Å². The molecule has 0 saturated heterocycles. The first-order chi connectivity index (χ1) is 16.0. The maximum Gasteiger partial charge on any atom is 0.387 e. The molecule has 4 rings (SSSR count). The molecule has 0 aromatic heterocycles. The molecule has 1 aliphatic carbocycles. The molecule has 0 bridgehead atoms. The fraction of sp³-hybridized carbons (Fsp3) is 0.222. The lowest BCUT2D eigenvalue weighted by Gasteiger charge is -2.12. The number of alkyl halides is 2. The van der Waals surface area contributed by atoms with Gasteiger partial charge in [-0.15, -0.1) is 0 Å². The van der Waals surface area contributed by atoms with Crippen molar-refractivity contribution in [2.75, 3.05) is 7.11 Å². The number of ether oxygens (including phenoxy) is 3. The third-order valence-electron chi connectivity index (χ3n) is 5.54. The first-order valence-electron chi connectivity index (χ1n) is 10.7. The number of hydrogen-bond donors (Lipinski definition) is 0. The first-order valence-corrected chi connectivity index (χ1v) is 10.7. The lowest BCUT2D eigenvalue weighted by Crippen LogP contribution is -2.03. The predicted octanol–water partition coefficient (Wildman–Crippen LogP) is 6.26. The van der Waals surface area contributed by atoms with Crippen LogP contribution in [0.5, 0.6) is 17.2 Å². The van der Waals surface area contributed by atoms with E-state index in [1.165, 1.54) is 41.8 Å². The Morgan fingerprint density at radius 2 is 1.85 bits per heavy atom. The van der Waals surface area contributed by atoms with Crippen LogP contribution in [-0.2, 0) is 19.4 Å². The maximum atomic E-state index is 12.5. The van der Waals surface area contributed by atoms with Crippen LogP contribution in [0.4, 0.5) is 8.78 Å². The summed E-state index contributed by atoms with van der Waals surface area (Å²) in [6.45, 7) is -2.62. The maximum absolute atomic E-state index is 12.5. The third-order valence-corrected chi connectivity index (χ3v) is 5.54. The Bertz CT molecular complexity index is 1170. The van der Waals surface area contributed by atoms with E-state index in [1.807, 2.05) is 24.3 Å². The van der Waals surface area contributed by atoms with E-state index >= 15 is 0 Å². The minimum Gasteiger partial charge on any atom is -0.496 e. The molecule has 0 fully saturated rings. The zero-order chi connectivity index (χ0) is 23.2. The normalized spacial score (nSPS) is 12.7. The fourth-order valence-electron chi connectivity index (χ4n) is 3.91. The number of hydrogen-bond acceptors (Lipinski definition) is 4. The summed E-state index contributed by atoms with van der Waals surface area (Å²) < 4.78 is 40.6. The Morgan fingerprint density at radius 3 is 2.67 bits per heavy atom. The van der Waals surface area contributed by atoms with Gasteiger partial charge in [0, 0.05) is 11.1 Å². The highest BCUT2D eigenvalue weighted by Gasteiger charge is 2.12. The van der Waals surface area contributed by atoms with Gasteiger partial charge in [-0.2, -0.15) is 8.78 Å². The SMILES string of the molecule is COc1ccc(/C=C/C(=O)c2cccc(OC(F)F)c2)cc1COc1ccc2c(c1)CCC2. The van der Waals surface area contributed by atoms with Gasteiger partial charge in [0.05, 0.1) is 7.11 Å². The van der Waals surface area contributed by atoms with Crippen LogP contribution in [0.25, 0.3) is 6.08 Å². The van der Waals surface area contributed by atoms with Gasteiger partial charge in [-0.05, 0) is 78.4 Å². The van der Waals surface area contributed by atoms with E-state index in [1.54, 1.807) is 19.3 Å². The van der Waals surface area contributed by atoms with Gasteiger partial charge in [0.1, 0.15) is 23.9 Å². The predicted molar refractivity (Wildman–Crippen MR) is 122 cm³/mol. The summed E-state index contributed by atoms with van der Waals surface area (Å²) in [7, 11) is 1.60. The van der Waals surface area contributed by atoms with Gasteiger partial charge >= 0.3 is 6.61 Å². The number of aryl methyl sites for hydroxylation is 2. The van der Waals surface area contributed by atoms with E-state index in [9.17, 15) is 13.6 Å². The Morgan fingerprint density at radius 1 is 1.00 bits per heavy atom. The van der Waals surface area contributed by atoms with Crippen molar-refractivity contribution in [2.45, 2.75) is 32.5 Å². The molecule has 1 aliphatic rings. The van der Waals surface area contributed by atoms with Crippen LogP contribution in [0.2, 0.25) is 0 Å². The highest BCUT2D eigenvalue weighted by molar-refractivity contribution is 6.07. The fourth-order valence-corrected chi connectivity index (χ4v) is 3.91. The van der Waals surface area contributed by atoms with Gasteiger partial charge in [-0.3, -0.25) is 4.79 Å². The second kappa shape index (κ2) is 10.3. The second-order valence-corrected chi connectivity index (χ2v) is 7.75. The van der Waals surface area contributed by atoms with Gasteiger partial charge in [0.25, 0.3) is 0 Å². The largest absolute Gasteiger partial charge is 0.496 e. The molecule has 170 valence electrons. The van der Waals surface area contributed by atoms with Crippen LogP contribution in [0.3, 0.4) is 0 Å². The number of benzene rings is 3. The van der Waals surface area contributed by atoms with E-state index in [2.05, 4.69) is 16.9 Å². The van der Waals surface area contributed by atoms with Crippen molar-refractivity contribution in [2.24, 2.45) is 0 Å².